The standard InChI is InChI=1S/C21H19N7OS/c1-15-3-5-17(6-4-15)28-18(14-30-21-23-9-2-10-24-21)19(26-27-28)20(29)25-13-16-7-11-22-12-8-16/h2-12H,13-14H2,1H3,(H,25,29). The van der Waals surface area contributed by atoms with Gasteiger partial charge in [0.15, 0.2) is 10.9 Å². The van der Waals surface area contributed by atoms with E-state index >= 15 is 0 Å². The minimum Gasteiger partial charge on any atom is -0.347 e. The number of nitrogens with one attached hydrogen (secondary N) is 1. The molecule has 0 spiro atoms. The third kappa shape index (κ3) is 4.69. The minimum absolute atomic E-state index is 0.283. The summed E-state index contributed by atoms with van der Waals surface area (Å²) in [6.07, 6.45) is 6.76. The number of hydrogen-bond donors (Lipinski definition) is 1. The first-order valence-electron chi connectivity index (χ1n) is 9.29. The number of amides is 1. The summed E-state index contributed by atoms with van der Waals surface area (Å²) in [6.45, 7) is 2.40. The van der Waals surface area contributed by atoms with Gasteiger partial charge in [-0.3, -0.25) is 9.78 Å². The molecular weight excluding hydrogens is 398 g/mol. The number of aryl methyl sites for hydroxylation is 1. The maximum absolute atomic E-state index is 12.9. The van der Waals surface area contributed by atoms with E-state index in [1.165, 1.54) is 11.8 Å². The zero-order valence-electron chi connectivity index (χ0n) is 16.3. The van der Waals surface area contributed by atoms with Crippen molar-refractivity contribution in [2.45, 2.75) is 24.4 Å². The molecule has 0 aliphatic carbocycles. The number of thioether (sulfide) groups is 1. The molecule has 1 N–H and O–H groups in total. The molecule has 3 heterocycles. The van der Waals surface area contributed by atoms with Gasteiger partial charge in [0, 0.05) is 37.1 Å². The first-order valence-corrected chi connectivity index (χ1v) is 10.3. The molecule has 8 nitrogen and oxygen atoms in total. The summed E-state index contributed by atoms with van der Waals surface area (Å²) >= 11 is 1.42. The molecule has 0 saturated carbocycles. The van der Waals surface area contributed by atoms with Gasteiger partial charge in [-0.15, -0.1) is 5.10 Å². The molecule has 30 heavy (non-hydrogen) atoms. The first kappa shape index (κ1) is 19.7. The lowest BCUT2D eigenvalue weighted by Crippen LogP contribution is -2.24. The van der Waals surface area contributed by atoms with Crippen LogP contribution in [0.5, 0.6) is 0 Å². The van der Waals surface area contributed by atoms with Gasteiger partial charge >= 0.3 is 0 Å². The minimum atomic E-state index is -0.283. The molecule has 0 unspecified atom stereocenters. The van der Waals surface area contributed by atoms with Gasteiger partial charge in [-0.1, -0.05) is 34.7 Å². The lowest BCUT2D eigenvalue weighted by Gasteiger charge is -2.09. The number of carbonyl (C=O) groups is 1. The van der Waals surface area contributed by atoms with Crippen LogP contribution in [0.25, 0.3) is 5.69 Å². The molecule has 150 valence electrons. The molecular formula is C21H19N7OS. The van der Waals surface area contributed by atoms with Crippen LogP contribution in [0.2, 0.25) is 0 Å². The average Bonchev–Trinajstić information content (AvgIpc) is 3.22. The van der Waals surface area contributed by atoms with Crippen molar-refractivity contribution in [1.82, 2.24) is 35.3 Å². The fourth-order valence-electron chi connectivity index (χ4n) is 2.76. The molecule has 3 aromatic heterocycles. The quantitative estimate of drug-likeness (QED) is 0.365. The Hall–Kier alpha value is -3.59. The highest BCUT2D eigenvalue weighted by molar-refractivity contribution is 7.98. The molecule has 0 saturated heterocycles. The van der Waals surface area contributed by atoms with Crippen molar-refractivity contribution in [2.24, 2.45) is 0 Å². The highest BCUT2D eigenvalue weighted by Gasteiger charge is 2.21. The van der Waals surface area contributed by atoms with Crippen LogP contribution in [0.1, 0.15) is 27.3 Å². The van der Waals surface area contributed by atoms with E-state index in [0.717, 1.165) is 16.8 Å². The summed E-state index contributed by atoms with van der Waals surface area (Å²) in [4.78, 5) is 25.3. The highest BCUT2D eigenvalue weighted by atomic mass is 32.2. The average molecular weight is 417 g/mol. The van der Waals surface area contributed by atoms with E-state index in [9.17, 15) is 4.79 Å². The van der Waals surface area contributed by atoms with Crippen LogP contribution in [0.15, 0.2) is 72.4 Å². The normalized spacial score (nSPS) is 10.7. The maximum atomic E-state index is 12.9. The molecule has 4 rings (SSSR count). The first-order chi connectivity index (χ1) is 14.7. The van der Waals surface area contributed by atoms with Crippen molar-refractivity contribution in [2.75, 3.05) is 0 Å². The predicted molar refractivity (Wildman–Crippen MR) is 113 cm³/mol. The largest absolute Gasteiger partial charge is 0.347 e. The van der Waals surface area contributed by atoms with Gasteiger partial charge in [0.05, 0.1) is 11.4 Å². The van der Waals surface area contributed by atoms with Crippen molar-refractivity contribution in [1.29, 1.82) is 0 Å². The number of benzene rings is 1. The number of pyridine rings is 1. The van der Waals surface area contributed by atoms with Gasteiger partial charge in [-0.05, 0) is 42.8 Å². The van der Waals surface area contributed by atoms with Crippen molar-refractivity contribution < 1.29 is 4.79 Å². The summed E-state index contributed by atoms with van der Waals surface area (Å²) in [5.41, 5.74) is 3.91. The van der Waals surface area contributed by atoms with Crippen molar-refractivity contribution in [3.63, 3.8) is 0 Å². The fourth-order valence-corrected chi connectivity index (χ4v) is 3.56. The van der Waals surface area contributed by atoms with Crippen LogP contribution in [0, 0.1) is 6.92 Å². The molecule has 0 radical (unpaired) electrons. The zero-order valence-corrected chi connectivity index (χ0v) is 17.1. The molecule has 9 heteroatoms. The Bertz CT molecular complexity index is 1120. The van der Waals surface area contributed by atoms with E-state index in [0.29, 0.717) is 23.1 Å². The van der Waals surface area contributed by atoms with Gasteiger partial charge < -0.3 is 5.32 Å². The molecule has 0 atom stereocenters. The van der Waals surface area contributed by atoms with E-state index in [-0.39, 0.29) is 11.6 Å². The third-order valence-corrected chi connectivity index (χ3v) is 5.23. The van der Waals surface area contributed by atoms with Crippen molar-refractivity contribution >= 4 is 17.7 Å². The Balaban J connectivity index is 1.60. The number of carbonyl (C=O) groups excluding carboxylic acids is 1. The second kappa shape index (κ2) is 9.27. The van der Waals surface area contributed by atoms with Crippen molar-refractivity contribution in [3.8, 4) is 5.69 Å². The fraction of sp³-hybridized carbons (Fsp3) is 0.143. The lowest BCUT2D eigenvalue weighted by atomic mass is 10.2. The summed E-state index contributed by atoms with van der Waals surface area (Å²) in [5, 5.41) is 11.9. The van der Waals surface area contributed by atoms with Crippen LogP contribution in [-0.4, -0.2) is 35.9 Å². The SMILES string of the molecule is Cc1ccc(-n2nnc(C(=O)NCc3ccncc3)c2CSc2ncccn2)cc1. The molecule has 0 fully saturated rings. The predicted octanol–water partition coefficient (Wildman–Crippen LogP) is 2.98. The highest BCUT2D eigenvalue weighted by Crippen LogP contribution is 2.23. The molecule has 1 aromatic carbocycles. The maximum Gasteiger partial charge on any atom is 0.274 e. The number of nitrogens with zero attached hydrogens (tertiary/aromatic N) is 6. The molecule has 4 aromatic rings. The Kier molecular flexibility index (Phi) is 6.09. The Morgan fingerprint density at radius 2 is 1.77 bits per heavy atom. The topological polar surface area (TPSA) is 98.5 Å². The Labute approximate surface area is 177 Å². The van der Waals surface area contributed by atoms with E-state index in [1.807, 2.05) is 43.3 Å². The Morgan fingerprint density at radius 1 is 1.03 bits per heavy atom. The van der Waals surface area contributed by atoms with Crippen LogP contribution in [-0.2, 0) is 12.3 Å². The van der Waals surface area contributed by atoms with Gasteiger partial charge in [-0.25, -0.2) is 14.6 Å². The second-order valence-corrected chi connectivity index (χ2v) is 7.43. The zero-order chi connectivity index (χ0) is 20.8. The number of rotatable bonds is 7. The number of hydrogen-bond acceptors (Lipinski definition) is 7. The molecule has 0 aliphatic rings. The smallest absolute Gasteiger partial charge is 0.274 e. The van der Waals surface area contributed by atoms with Gasteiger partial charge in [-0.2, -0.15) is 0 Å². The van der Waals surface area contributed by atoms with Crippen LogP contribution in [0.3, 0.4) is 0 Å². The van der Waals surface area contributed by atoms with Crippen LogP contribution in [0.4, 0.5) is 0 Å². The van der Waals surface area contributed by atoms with Crippen LogP contribution < -0.4 is 5.32 Å². The summed E-state index contributed by atoms with van der Waals surface area (Å²) in [6, 6.07) is 13.4. The van der Waals surface area contributed by atoms with Gasteiger partial charge in [0.1, 0.15) is 0 Å². The Morgan fingerprint density at radius 3 is 2.50 bits per heavy atom. The van der Waals surface area contributed by atoms with E-state index < -0.39 is 0 Å². The third-order valence-electron chi connectivity index (χ3n) is 4.34. The lowest BCUT2D eigenvalue weighted by molar-refractivity contribution is 0.0945. The van der Waals surface area contributed by atoms with E-state index in [1.54, 1.807) is 35.5 Å². The summed E-state index contributed by atoms with van der Waals surface area (Å²) < 4.78 is 1.69. The molecule has 0 bridgehead atoms. The molecule has 0 aliphatic heterocycles. The summed E-state index contributed by atoms with van der Waals surface area (Å²) in [5.74, 6) is 0.165. The van der Waals surface area contributed by atoms with E-state index in [2.05, 4.69) is 30.6 Å². The van der Waals surface area contributed by atoms with Crippen LogP contribution >= 0.6 is 11.8 Å². The van der Waals surface area contributed by atoms with Gasteiger partial charge in [0.25, 0.3) is 5.91 Å². The molecule has 1 amide bonds. The van der Waals surface area contributed by atoms with Crippen molar-refractivity contribution in [3.05, 3.63) is 89.8 Å². The van der Waals surface area contributed by atoms with E-state index in [4.69, 9.17) is 0 Å². The monoisotopic (exact) mass is 417 g/mol. The second-order valence-electron chi connectivity index (χ2n) is 6.49. The number of aromatic nitrogens is 6. The van der Waals surface area contributed by atoms with Gasteiger partial charge in [0.2, 0.25) is 0 Å². The summed E-state index contributed by atoms with van der Waals surface area (Å²) in [7, 11) is 0.